The van der Waals surface area contributed by atoms with Crippen LogP contribution in [-0.2, 0) is 0 Å². The molecule has 0 atom stereocenters. The first-order chi connectivity index (χ1) is 12.1. The standard InChI is InChI=1S/C19H20ClNO4/c1-24-17-7-2-13(12-22)18(19(17)23)21-10-8-16(9-11-21)25-15-5-3-14(20)4-6-15/h2-7,12,16,23H,8-11H2,1H3. The molecule has 1 heterocycles. The Morgan fingerprint density at radius 2 is 1.84 bits per heavy atom. The minimum absolute atomic E-state index is 0.00386. The summed E-state index contributed by atoms with van der Waals surface area (Å²) in [6, 6.07) is 10.6. The van der Waals surface area contributed by atoms with Gasteiger partial charge in [0.15, 0.2) is 17.8 Å². The van der Waals surface area contributed by atoms with E-state index in [1.165, 1.54) is 7.11 Å². The number of anilines is 1. The Kier molecular flexibility index (Phi) is 5.34. The van der Waals surface area contributed by atoms with E-state index in [1.807, 2.05) is 17.0 Å². The van der Waals surface area contributed by atoms with Crippen molar-refractivity contribution in [1.29, 1.82) is 0 Å². The zero-order valence-electron chi connectivity index (χ0n) is 13.9. The second kappa shape index (κ2) is 7.66. The normalized spacial score (nSPS) is 15.0. The van der Waals surface area contributed by atoms with E-state index >= 15 is 0 Å². The lowest BCUT2D eigenvalue weighted by Crippen LogP contribution is -2.38. The predicted octanol–water partition coefficient (Wildman–Crippen LogP) is 3.91. The number of hydrogen-bond acceptors (Lipinski definition) is 5. The second-order valence-corrected chi connectivity index (χ2v) is 6.37. The number of piperidine rings is 1. The van der Waals surface area contributed by atoms with Gasteiger partial charge >= 0.3 is 0 Å². The molecule has 3 rings (SSSR count). The SMILES string of the molecule is COc1ccc(C=O)c(N2CCC(Oc3ccc(Cl)cc3)CC2)c1O. The van der Waals surface area contributed by atoms with E-state index in [9.17, 15) is 9.90 Å². The molecule has 132 valence electrons. The van der Waals surface area contributed by atoms with Gasteiger partial charge in [0.05, 0.1) is 12.8 Å². The fourth-order valence-corrected chi connectivity index (χ4v) is 3.20. The summed E-state index contributed by atoms with van der Waals surface area (Å²) in [7, 11) is 1.49. The molecule has 0 bridgehead atoms. The van der Waals surface area contributed by atoms with Crippen LogP contribution in [0.3, 0.4) is 0 Å². The monoisotopic (exact) mass is 361 g/mol. The molecule has 25 heavy (non-hydrogen) atoms. The lowest BCUT2D eigenvalue weighted by Gasteiger charge is -2.34. The van der Waals surface area contributed by atoms with E-state index in [-0.39, 0.29) is 11.9 Å². The van der Waals surface area contributed by atoms with Crippen LogP contribution in [0.15, 0.2) is 36.4 Å². The van der Waals surface area contributed by atoms with Crippen LogP contribution in [0.4, 0.5) is 5.69 Å². The van der Waals surface area contributed by atoms with Gasteiger partial charge in [-0.25, -0.2) is 0 Å². The molecule has 2 aromatic rings. The molecule has 1 saturated heterocycles. The largest absolute Gasteiger partial charge is 0.503 e. The molecule has 0 aromatic heterocycles. The number of phenolic OH excluding ortho intramolecular Hbond substituents is 1. The number of rotatable bonds is 5. The molecule has 1 fully saturated rings. The van der Waals surface area contributed by atoms with Crippen LogP contribution < -0.4 is 14.4 Å². The van der Waals surface area contributed by atoms with Gasteiger partial charge in [0, 0.05) is 36.5 Å². The van der Waals surface area contributed by atoms with E-state index < -0.39 is 0 Å². The van der Waals surface area contributed by atoms with Crippen LogP contribution >= 0.6 is 11.6 Å². The van der Waals surface area contributed by atoms with E-state index in [2.05, 4.69) is 0 Å². The number of nitrogens with zero attached hydrogens (tertiary/aromatic N) is 1. The van der Waals surface area contributed by atoms with E-state index in [1.54, 1.807) is 24.3 Å². The molecule has 0 aliphatic carbocycles. The fraction of sp³-hybridized carbons (Fsp3) is 0.316. The van der Waals surface area contributed by atoms with Crippen molar-refractivity contribution in [2.24, 2.45) is 0 Å². The lowest BCUT2D eigenvalue weighted by atomic mass is 10.0. The van der Waals surface area contributed by atoms with Crippen molar-refractivity contribution in [2.45, 2.75) is 18.9 Å². The van der Waals surface area contributed by atoms with Crippen LogP contribution in [0.25, 0.3) is 0 Å². The summed E-state index contributed by atoms with van der Waals surface area (Å²) in [5.41, 5.74) is 0.981. The predicted molar refractivity (Wildman–Crippen MR) is 97.4 cm³/mol. The minimum atomic E-state index is 0.00386. The molecule has 0 unspecified atom stereocenters. The first kappa shape index (κ1) is 17.4. The average Bonchev–Trinajstić information content (AvgIpc) is 2.64. The van der Waals surface area contributed by atoms with Crippen molar-refractivity contribution in [2.75, 3.05) is 25.1 Å². The smallest absolute Gasteiger partial charge is 0.182 e. The number of phenols is 1. The molecule has 2 aromatic carbocycles. The lowest BCUT2D eigenvalue weighted by molar-refractivity contribution is 0.112. The Morgan fingerprint density at radius 3 is 2.44 bits per heavy atom. The highest BCUT2D eigenvalue weighted by atomic mass is 35.5. The quantitative estimate of drug-likeness (QED) is 0.818. The van der Waals surface area contributed by atoms with Gasteiger partial charge in [-0.15, -0.1) is 0 Å². The highest BCUT2D eigenvalue weighted by Crippen LogP contribution is 2.40. The van der Waals surface area contributed by atoms with Crippen LogP contribution in [0.1, 0.15) is 23.2 Å². The van der Waals surface area contributed by atoms with Crippen molar-refractivity contribution in [3.63, 3.8) is 0 Å². The maximum absolute atomic E-state index is 11.3. The van der Waals surface area contributed by atoms with Crippen LogP contribution in [0.2, 0.25) is 5.02 Å². The number of benzene rings is 2. The van der Waals surface area contributed by atoms with Gasteiger partial charge in [-0.1, -0.05) is 11.6 Å². The summed E-state index contributed by atoms with van der Waals surface area (Å²) >= 11 is 5.88. The minimum Gasteiger partial charge on any atom is -0.503 e. The molecule has 6 heteroatoms. The fourth-order valence-electron chi connectivity index (χ4n) is 3.07. The van der Waals surface area contributed by atoms with Gasteiger partial charge in [-0.05, 0) is 36.4 Å². The Bertz CT molecular complexity index is 740. The number of aldehydes is 1. The third-order valence-electron chi connectivity index (χ3n) is 4.37. The summed E-state index contributed by atoms with van der Waals surface area (Å²) in [4.78, 5) is 13.3. The molecule has 0 amide bonds. The van der Waals surface area contributed by atoms with Crippen LogP contribution in [0.5, 0.6) is 17.2 Å². The highest BCUT2D eigenvalue weighted by Gasteiger charge is 2.25. The third-order valence-corrected chi connectivity index (χ3v) is 4.62. The summed E-state index contributed by atoms with van der Waals surface area (Å²) in [6.07, 6.45) is 2.42. The number of carbonyl (C=O) groups is 1. The highest BCUT2D eigenvalue weighted by molar-refractivity contribution is 6.30. The topological polar surface area (TPSA) is 59.0 Å². The first-order valence-electron chi connectivity index (χ1n) is 8.14. The number of methoxy groups -OCH3 is 1. The summed E-state index contributed by atoms with van der Waals surface area (Å²) in [5.74, 6) is 1.16. The molecule has 1 N–H and O–H groups in total. The number of halogens is 1. The molecule has 5 nitrogen and oxygen atoms in total. The van der Waals surface area contributed by atoms with Gasteiger partial charge < -0.3 is 19.5 Å². The van der Waals surface area contributed by atoms with Crippen molar-refractivity contribution in [3.05, 3.63) is 47.0 Å². The molecular weight excluding hydrogens is 342 g/mol. The molecule has 0 spiro atoms. The van der Waals surface area contributed by atoms with Crippen molar-refractivity contribution in [3.8, 4) is 17.2 Å². The maximum Gasteiger partial charge on any atom is 0.182 e. The third kappa shape index (κ3) is 3.82. The molecule has 0 radical (unpaired) electrons. The van der Waals surface area contributed by atoms with Gasteiger partial charge in [0.2, 0.25) is 0 Å². The average molecular weight is 362 g/mol. The molecule has 1 aliphatic heterocycles. The Morgan fingerprint density at radius 1 is 1.16 bits per heavy atom. The molecular formula is C19H20ClNO4. The van der Waals surface area contributed by atoms with Gasteiger partial charge in [0.1, 0.15) is 11.9 Å². The van der Waals surface area contributed by atoms with Crippen LogP contribution in [-0.4, -0.2) is 37.7 Å². The zero-order valence-corrected chi connectivity index (χ0v) is 14.7. The van der Waals surface area contributed by atoms with Gasteiger partial charge in [0.25, 0.3) is 0 Å². The molecule has 0 saturated carbocycles. The van der Waals surface area contributed by atoms with E-state index in [0.29, 0.717) is 35.1 Å². The Hall–Kier alpha value is -2.40. The zero-order chi connectivity index (χ0) is 17.8. The van der Waals surface area contributed by atoms with Gasteiger partial charge in [-0.2, -0.15) is 0 Å². The summed E-state index contributed by atoms with van der Waals surface area (Å²) in [5, 5.41) is 11.1. The molecule has 1 aliphatic rings. The van der Waals surface area contributed by atoms with Gasteiger partial charge in [-0.3, -0.25) is 4.79 Å². The second-order valence-electron chi connectivity index (χ2n) is 5.93. The van der Waals surface area contributed by atoms with Crippen LogP contribution in [0, 0.1) is 0 Å². The van der Waals surface area contributed by atoms with Crippen molar-refractivity contribution < 1.29 is 19.4 Å². The maximum atomic E-state index is 11.3. The number of hydrogen-bond donors (Lipinski definition) is 1. The van der Waals surface area contributed by atoms with Crippen molar-refractivity contribution >= 4 is 23.6 Å². The Balaban J connectivity index is 1.70. The van der Waals surface area contributed by atoms with Crippen molar-refractivity contribution in [1.82, 2.24) is 0 Å². The first-order valence-corrected chi connectivity index (χ1v) is 8.52. The number of aromatic hydroxyl groups is 1. The number of ether oxygens (including phenoxy) is 2. The summed E-state index contributed by atoms with van der Waals surface area (Å²) in [6.45, 7) is 1.36. The summed E-state index contributed by atoms with van der Waals surface area (Å²) < 4.78 is 11.1. The number of carbonyl (C=O) groups excluding carboxylic acids is 1. The van der Waals surface area contributed by atoms with E-state index in [0.717, 1.165) is 24.9 Å². The Labute approximate surface area is 151 Å². The van der Waals surface area contributed by atoms with E-state index in [4.69, 9.17) is 21.1 Å².